The van der Waals surface area contributed by atoms with Crippen molar-refractivity contribution in [2.45, 2.75) is 0 Å². The Kier molecular flexibility index (Phi) is 2.66. The second-order valence-electron chi connectivity index (χ2n) is 3.41. The van der Waals surface area contributed by atoms with Gasteiger partial charge in [0.2, 0.25) is 5.78 Å². The van der Waals surface area contributed by atoms with Gasteiger partial charge in [0.15, 0.2) is 0 Å². The van der Waals surface area contributed by atoms with Gasteiger partial charge in [-0.05, 0) is 24.3 Å². The van der Waals surface area contributed by atoms with Gasteiger partial charge in [-0.15, -0.1) is 0 Å². The first kappa shape index (κ1) is 10.7. The van der Waals surface area contributed by atoms with Crippen LogP contribution in [0.5, 0.6) is 0 Å². The number of carbonyl (C=O) groups excluding carboxylic acids is 1. The van der Waals surface area contributed by atoms with Gasteiger partial charge in [-0.2, -0.15) is 5.10 Å². The Morgan fingerprint density at radius 3 is 2.75 bits per heavy atom. The number of anilines is 1. The summed E-state index contributed by atoms with van der Waals surface area (Å²) in [5, 5.41) is 4.39. The van der Waals surface area contributed by atoms with Crippen LogP contribution in [-0.4, -0.2) is 15.6 Å². The predicted molar refractivity (Wildman–Crippen MR) is 62.5 cm³/mol. The van der Waals surface area contributed by atoms with E-state index in [-0.39, 0.29) is 5.78 Å². The van der Waals surface area contributed by atoms with Gasteiger partial charge in [0.05, 0.1) is 10.7 Å². The fourth-order valence-corrected chi connectivity index (χ4v) is 1.55. The van der Waals surface area contributed by atoms with E-state index in [1.54, 1.807) is 37.5 Å². The van der Waals surface area contributed by atoms with Gasteiger partial charge >= 0.3 is 0 Å². The fraction of sp³-hybridized carbons (Fsp3) is 0.0909. The van der Waals surface area contributed by atoms with Gasteiger partial charge < -0.3 is 5.73 Å². The number of nitrogen functional groups attached to an aromatic ring is 1. The largest absolute Gasteiger partial charge is 0.398 e. The zero-order chi connectivity index (χ0) is 11.7. The molecule has 82 valence electrons. The normalized spacial score (nSPS) is 10.4. The first-order valence-corrected chi connectivity index (χ1v) is 5.05. The zero-order valence-corrected chi connectivity index (χ0v) is 9.40. The smallest absolute Gasteiger partial charge is 0.211 e. The summed E-state index contributed by atoms with van der Waals surface area (Å²) in [5.41, 5.74) is 7.06. The van der Waals surface area contributed by atoms with Gasteiger partial charge in [0, 0.05) is 18.8 Å². The van der Waals surface area contributed by atoms with Gasteiger partial charge in [-0.3, -0.25) is 9.48 Å². The number of rotatable bonds is 2. The number of aryl methyl sites for hydroxylation is 1. The van der Waals surface area contributed by atoms with Crippen molar-refractivity contribution in [2.75, 3.05) is 5.73 Å². The molecular formula is C11H10ClN3O. The molecule has 5 heteroatoms. The van der Waals surface area contributed by atoms with E-state index in [2.05, 4.69) is 5.10 Å². The number of ketones is 1. The van der Waals surface area contributed by atoms with Crippen LogP contribution in [0.3, 0.4) is 0 Å². The van der Waals surface area contributed by atoms with Crippen LogP contribution in [0, 0.1) is 0 Å². The third kappa shape index (κ3) is 1.79. The molecular weight excluding hydrogens is 226 g/mol. The van der Waals surface area contributed by atoms with Crippen LogP contribution in [0.25, 0.3) is 0 Å². The SMILES string of the molecule is Cn1nccc1C(=O)c1ccc(Cl)c(N)c1. The molecule has 1 heterocycles. The molecule has 0 atom stereocenters. The lowest BCUT2D eigenvalue weighted by Crippen LogP contribution is -2.08. The standard InChI is InChI=1S/C11H10ClN3O/c1-15-10(4-5-14-15)11(16)7-2-3-8(12)9(13)6-7/h2-6H,13H2,1H3. The van der Waals surface area contributed by atoms with Gasteiger partial charge in [-0.25, -0.2) is 0 Å². The van der Waals surface area contributed by atoms with Crippen molar-refractivity contribution in [3.63, 3.8) is 0 Å². The van der Waals surface area contributed by atoms with Crippen LogP contribution in [0.1, 0.15) is 16.1 Å². The Labute approximate surface area is 97.6 Å². The van der Waals surface area contributed by atoms with E-state index in [4.69, 9.17) is 17.3 Å². The lowest BCUT2D eigenvalue weighted by molar-refractivity contribution is 0.103. The second kappa shape index (κ2) is 3.98. The molecule has 0 bridgehead atoms. The number of hydrogen-bond donors (Lipinski definition) is 1. The van der Waals surface area contributed by atoms with Gasteiger partial charge in [-0.1, -0.05) is 11.6 Å². The van der Waals surface area contributed by atoms with Crippen molar-refractivity contribution < 1.29 is 4.79 Å². The second-order valence-corrected chi connectivity index (χ2v) is 3.81. The molecule has 1 aromatic carbocycles. The van der Waals surface area contributed by atoms with E-state index in [1.165, 1.54) is 4.68 Å². The summed E-state index contributed by atoms with van der Waals surface area (Å²) in [6, 6.07) is 6.49. The highest BCUT2D eigenvalue weighted by Gasteiger charge is 2.13. The van der Waals surface area contributed by atoms with Crippen molar-refractivity contribution in [2.24, 2.45) is 7.05 Å². The van der Waals surface area contributed by atoms with Gasteiger partial charge in [0.25, 0.3) is 0 Å². The molecule has 0 unspecified atom stereocenters. The van der Waals surface area contributed by atoms with Crippen LogP contribution >= 0.6 is 11.6 Å². The van der Waals surface area contributed by atoms with Crippen molar-refractivity contribution in [1.82, 2.24) is 9.78 Å². The Morgan fingerprint density at radius 1 is 1.44 bits per heavy atom. The first-order chi connectivity index (χ1) is 7.59. The summed E-state index contributed by atoms with van der Waals surface area (Å²) in [4.78, 5) is 12.0. The Balaban J connectivity index is 2.42. The lowest BCUT2D eigenvalue weighted by atomic mass is 10.1. The third-order valence-electron chi connectivity index (χ3n) is 2.31. The highest BCUT2D eigenvalue weighted by atomic mass is 35.5. The molecule has 0 aliphatic carbocycles. The highest BCUT2D eigenvalue weighted by molar-refractivity contribution is 6.33. The number of hydrogen-bond acceptors (Lipinski definition) is 3. The molecule has 0 radical (unpaired) electrons. The number of nitrogens with two attached hydrogens (primary N) is 1. The molecule has 16 heavy (non-hydrogen) atoms. The minimum absolute atomic E-state index is 0.122. The average Bonchev–Trinajstić information content (AvgIpc) is 2.67. The van der Waals surface area contributed by atoms with Crippen molar-refractivity contribution in [3.05, 3.63) is 46.7 Å². The molecule has 2 aromatic rings. The van der Waals surface area contributed by atoms with Crippen molar-refractivity contribution in [3.8, 4) is 0 Å². The van der Waals surface area contributed by atoms with E-state index < -0.39 is 0 Å². The average molecular weight is 236 g/mol. The molecule has 0 fully saturated rings. The van der Waals surface area contributed by atoms with Crippen molar-refractivity contribution in [1.29, 1.82) is 0 Å². The summed E-state index contributed by atoms with van der Waals surface area (Å²) < 4.78 is 1.52. The monoisotopic (exact) mass is 235 g/mol. The first-order valence-electron chi connectivity index (χ1n) is 4.67. The summed E-state index contributed by atoms with van der Waals surface area (Å²) in [7, 11) is 1.71. The Morgan fingerprint density at radius 2 is 2.19 bits per heavy atom. The van der Waals surface area contributed by atoms with E-state index >= 15 is 0 Å². The molecule has 1 aromatic heterocycles. The number of carbonyl (C=O) groups is 1. The van der Waals surface area contributed by atoms with Gasteiger partial charge in [0.1, 0.15) is 5.69 Å². The third-order valence-corrected chi connectivity index (χ3v) is 2.66. The topological polar surface area (TPSA) is 60.9 Å². The molecule has 0 saturated heterocycles. The molecule has 0 amide bonds. The van der Waals surface area contributed by atoms with E-state index in [0.29, 0.717) is 22.0 Å². The molecule has 0 aliphatic heterocycles. The fourth-order valence-electron chi connectivity index (χ4n) is 1.43. The summed E-state index contributed by atoms with van der Waals surface area (Å²) >= 11 is 5.79. The highest BCUT2D eigenvalue weighted by Crippen LogP contribution is 2.21. The lowest BCUT2D eigenvalue weighted by Gasteiger charge is -2.03. The molecule has 0 aliphatic rings. The molecule has 4 nitrogen and oxygen atoms in total. The predicted octanol–water partition coefficient (Wildman–Crippen LogP) is 1.89. The maximum atomic E-state index is 12.0. The summed E-state index contributed by atoms with van der Waals surface area (Å²) in [5.74, 6) is -0.122. The van der Waals surface area contributed by atoms with Crippen LogP contribution < -0.4 is 5.73 Å². The van der Waals surface area contributed by atoms with Crippen LogP contribution in [0.4, 0.5) is 5.69 Å². The van der Waals surface area contributed by atoms with Crippen LogP contribution in [0.2, 0.25) is 5.02 Å². The quantitative estimate of drug-likeness (QED) is 0.639. The summed E-state index contributed by atoms with van der Waals surface area (Å²) in [6.45, 7) is 0. The minimum Gasteiger partial charge on any atom is -0.398 e. The van der Waals surface area contributed by atoms with E-state index in [9.17, 15) is 4.79 Å². The van der Waals surface area contributed by atoms with E-state index in [1.807, 2.05) is 0 Å². The number of aromatic nitrogens is 2. The maximum Gasteiger partial charge on any atom is 0.211 e. The van der Waals surface area contributed by atoms with Crippen LogP contribution in [-0.2, 0) is 7.05 Å². The zero-order valence-electron chi connectivity index (χ0n) is 8.64. The Hall–Kier alpha value is -1.81. The molecule has 2 rings (SSSR count). The number of benzene rings is 1. The number of halogens is 1. The van der Waals surface area contributed by atoms with Crippen LogP contribution in [0.15, 0.2) is 30.5 Å². The van der Waals surface area contributed by atoms with E-state index in [0.717, 1.165) is 0 Å². The molecule has 2 N–H and O–H groups in total. The summed E-state index contributed by atoms with van der Waals surface area (Å²) in [6.07, 6.45) is 1.58. The number of nitrogens with zero attached hydrogens (tertiary/aromatic N) is 2. The minimum atomic E-state index is -0.122. The molecule has 0 saturated carbocycles. The Bertz CT molecular complexity index is 548. The van der Waals surface area contributed by atoms with Crippen molar-refractivity contribution >= 4 is 23.1 Å². The maximum absolute atomic E-state index is 12.0. The molecule has 0 spiro atoms.